The lowest BCUT2D eigenvalue weighted by Gasteiger charge is -2.37. The van der Waals surface area contributed by atoms with Crippen molar-refractivity contribution in [2.75, 3.05) is 24.7 Å². The second-order valence-corrected chi connectivity index (χ2v) is 6.96. The highest BCUT2D eigenvalue weighted by Gasteiger charge is 2.25. The first-order valence-corrected chi connectivity index (χ1v) is 9.01. The van der Waals surface area contributed by atoms with Gasteiger partial charge < -0.3 is 24.6 Å². The summed E-state index contributed by atoms with van der Waals surface area (Å²) in [6.45, 7) is 7.55. The van der Waals surface area contributed by atoms with Gasteiger partial charge in [0.1, 0.15) is 24.7 Å². The molecule has 1 aliphatic rings. The van der Waals surface area contributed by atoms with Crippen molar-refractivity contribution in [3.05, 3.63) is 52.6 Å². The summed E-state index contributed by atoms with van der Waals surface area (Å²) in [7, 11) is 0. The average Bonchev–Trinajstić information content (AvgIpc) is 2.64. The first-order chi connectivity index (χ1) is 13.3. The summed E-state index contributed by atoms with van der Waals surface area (Å²) in [4.78, 5) is 24.6. The standard InChI is InChI=1S/C21H23NO6/c1-12-6-18-19(7-13(12)2)28-11-14(3)22(18)4-5-27-17-9-15(20(23)24)8-16(10-17)21(25)26/h6-10,14H,4-5,11H2,1-3H3,(H,23,24)(H,25,26). The molecule has 0 saturated heterocycles. The molecule has 148 valence electrons. The van der Waals surface area contributed by atoms with Crippen LogP contribution in [0.1, 0.15) is 38.8 Å². The van der Waals surface area contributed by atoms with E-state index >= 15 is 0 Å². The highest BCUT2D eigenvalue weighted by atomic mass is 16.5. The van der Waals surface area contributed by atoms with E-state index in [4.69, 9.17) is 19.7 Å². The van der Waals surface area contributed by atoms with Gasteiger partial charge >= 0.3 is 11.9 Å². The highest BCUT2D eigenvalue weighted by molar-refractivity contribution is 5.94. The van der Waals surface area contributed by atoms with Crippen LogP contribution in [0.25, 0.3) is 0 Å². The number of anilines is 1. The maximum atomic E-state index is 11.2. The zero-order valence-corrected chi connectivity index (χ0v) is 16.1. The third-order valence-corrected chi connectivity index (χ3v) is 4.90. The van der Waals surface area contributed by atoms with E-state index in [1.54, 1.807) is 0 Å². The Kier molecular flexibility index (Phi) is 5.44. The quantitative estimate of drug-likeness (QED) is 0.787. The number of fused-ring (bicyclic) bond motifs is 1. The number of rotatable bonds is 6. The molecule has 1 heterocycles. The first kappa shape index (κ1) is 19.5. The van der Waals surface area contributed by atoms with Crippen LogP contribution < -0.4 is 14.4 Å². The highest BCUT2D eigenvalue weighted by Crippen LogP contribution is 2.36. The van der Waals surface area contributed by atoms with E-state index in [1.165, 1.54) is 17.7 Å². The van der Waals surface area contributed by atoms with Crippen molar-refractivity contribution in [3.63, 3.8) is 0 Å². The second kappa shape index (κ2) is 7.80. The van der Waals surface area contributed by atoms with Gasteiger partial charge in [0.2, 0.25) is 0 Å². The van der Waals surface area contributed by atoms with E-state index in [9.17, 15) is 9.59 Å². The van der Waals surface area contributed by atoms with Crippen LogP contribution >= 0.6 is 0 Å². The Balaban J connectivity index is 1.76. The minimum absolute atomic E-state index is 0.119. The van der Waals surface area contributed by atoms with Gasteiger partial charge in [-0.05, 0) is 62.2 Å². The molecule has 28 heavy (non-hydrogen) atoms. The van der Waals surface area contributed by atoms with Gasteiger partial charge in [-0.1, -0.05) is 0 Å². The van der Waals surface area contributed by atoms with Crippen molar-refractivity contribution in [1.29, 1.82) is 0 Å². The molecule has 0 aromatic heterocycles. The molecular weight excluding hydrogens is 362 g/mol. The molecule has 0 spiro atoms. The average molecular weight is 385 g/mol. The molecule has 0 bridgehead atoms. The van der Waals surface area contributed by atoms with Gasteiger partial charge in [-0.15, -0.1) is 0 Å². The molecule has 0 saturated carbocycles. The lowest BCUT2D eigenvalue weighted by Crippen LogP contribution is -2.43. The number of nitrogens with zero attached hydrogens (tertiary/aromatic N) is 1. The molecule has 1 aliphatic heterocycles. The van der Waals surface area contributed by atoms with Gasteiger partial charge in [0.15, 0.2) is 0 Å². The summed E-state index contributed by atoms with van der Waals surface area (Å²) in [6, 6.07) is 8.05. The van der Waals surface area contributed by atoms with E-state index < -0.39 is 11.9 Å². The Morgan fingerprint density at radius 2 is 1.68 bits per heavy atom. The zero-order valence-electron chi connectivity index (χ0n) is 16.1. The van der Waals surface area contributed by atoms with Gasteiger partial charge in [0.05, 0.1) is 29.4 Å². The fourth-order valence-electron chi connectivity index (χ4n) is 3.18. The third kappa shape index (κ3) is 4.03. The normalized spacial score (nSPS) is 15.5. The molecule has 0 radical (unpaired) electrons. The van der Waals surface area contributed by atoms with Gasteiger partial charge in [-0.25, -0.2) is 9.59 Å². The van der Waals surface area contributed by atoms with Crippen LogP contribution in [0.2, 0.25) is 0 Å². The summed E-state index contributed by atoms with van der Waals surface area (Å²) in [5, 5.41) is 18.3. The number of benzene rings is 2. The molecule has 1 unspecified atom stereocenters. The number of hydrogen-bond acceptors (Lipinski definition) is 5. The van der Waals surface area contributed by atoms with Crippen LogP contribution in [-0.2, 0) is 0 Å². The monoisotopic (exact) mass is 385 g/mol. The Labute approximate surface area is 163 Å². The molecule has 3 rings (SSSR count). The molecule has 1 atom stereocenters. The van der Waals surface area contributed by atoms with Gasteiger partial charge in [-0.2, -0.15) is 0 Å². The number of aromatic carboxylic acids is 2. The summed E-state index contributed by atoms with van der Waals surface area (Å²) < 4.78 is 11.5. The van der Waals surface area contributed by atoms with Crippen LogP contribution in [0, 0.1) is 13.8 Å². The molecule has 2 N–H and O–H groups in total. The van der Waals surface area contributed by atoms with Crippen LogP contribution in [0.15, 0.2) is 30.3 Å². The van der Waals surface area contributed by atoms with Gasteiger partial charge in [-0.3, -0.25) is 0 Å². The molecule has 2 aromatic rings. The summed E-state index contributed by atoms with van der Waals surface area (Å²) in [5.41, 5.74) is 3.09. The molecule has 7 nitrogen and oxygen atoms in total. The predicted molar refractivity (Wildman–Crippen MR) is 104 cm³/mol. The van der Waals surface area contributed by atoms with Crippen molar-refractivity contribution >= 4 is 17.6 Å². The van der Waals surface area contributed by atoms with Crippen molar-refractivity contribution in [2.24, 2.45) is 0 Å². The fourth-order valence-corrected chi connectivity index (χ4v) is 3.18. The first-order valence-electron chi connectivity index (χ1n) is 9.01. The summed E-state index contributed by atoms with van der Waals surface area (Å²) >= 11 is 0. The van der Waals surface area contributed by atoms with E-state index in [1.807, 2.05) is 19.9 Å². The van der Waals surface area contributed by atoms with E-state index in [2.05, 4.69) is 17.9 Å². The molecule has 0 amide bonds. The molecular formula is C21H23NO6. The largest absolute Gasteiger partial charge is 0.492 e. The molecule has 0 aliphatic carbocycles. The number of hydrogen-bond donors (Lipinski definition) is 2. The van der Waals surface area contributed by atoms with Crippen molar-refractivity contribution in [2.45, 2.75) is 26.8 Å². The number of carboxylic acid groups (broad SMARTS) is 2. The zero-order chi connectivity index (χ0) is 20.4. The number of carboxylic acids is 2. The van der Waals surface area contributed by atoms with Crippen molar-refractivity contribution < 1.29 is 29.3 Å². The van der Waals surface area contributed by atoms with Gasteiger partial charge in [0, 0.05) is 0 Å². The fraction of sp³-hybridized carbons (Fsp3) is 0.333. The lowest BCUT2D eigenvalue weighted by molar-refractivity contribution is 0.0696. The Morgan fingerprint density at radius 1 is 1.07 bits per heavy atom. The Bertz CT molecular complexity index is 891. The minimum atomic E-state index is -1.20. The molecule has 0 fully saturated rings. The molecule has 7 heteroatoms. The van der Waals surface area contributed by atoms with Crippen molar-refractivity contribution in [3.8, 4) is 11.5 Å². The number of ether oxygens (including phenoxy) is 2. The maximum Gasteiger partial charge on any atom is 0.335 e. The lowest BCUT2D eigenvalue weighted by atomic mass is 10.1. The second-order valence-electron chi connectivity index (χ2n) is 6.96. The Hall–Kier alpha value is -3.22. The van der Waals surface area contributed by atoms with Crippen molar-refractivity contribution in [1.82, 2.24) is 0 Å². The summed E-state index contributed by atoms with van der Waals surface area (Å²) in [6.07, 6.45) is 0. The van der Waals surface area contributed by atoms with Gasteiger partial charge in [0.25, 0.3) is 0 Å². The minimum Gasteiger partial charge on any atom is -0.492 e. The van der Waals surface area contributed by atoms with Crippen LogP contribution in [0.3, 0.4) is 0 Å². The van der Waals surface area contributed by atoms with Crippen LogP contribution in [0.5, 0.6) is 11.5 Å². The molecule has 2 aromatic carbocycles. The summed E-state index contributed by atoms with van der Waals surface area (Å²) in [5.74, 6) is -1.34. The van der Waals surface area contributed by atoms with Crippen LogP contribution in [0.4, 0.5) is 5.69 Å². The smallest absolute Gasteiger partial charge is 0.335 e. The van der Waals surface area contributed by atoms with E-state index in [0.29, 0.717) is 13.2 Å². The topological polar surface area (TPSA) is 96.3 Å². The third-order valence-electron chi connectivity index (χ3n) is 4.90. The predicted octanol–water partition coefficient (Wildman–Crippen LogP) is 3.37. The van der Waals surface area contributed by atoms with E-state index in [0.717, 1.165) is 23.1 Å². The SMILES string of the molecule is Cc1cc2c(cc1C)N(CCOc1cc(C(=O)O)cc(C(=O)O)c1)C(C)CO2. The van der Waals surface area contributed by atoms with Crippen LogP contribution in [-0.4, -0.2) is 48.0 Å². The maximum absolute atomic E-state index is 11.2. The number of aryl methyl sites for hydroxylation is 2. The number of carbonyl (C=O) groups is 2. The van der Waals surface area contributed by atoms with E-state index in [-0.39, 0.29) is 29.5 Å². The Morgan fingerprint density at radius 3 is 2.29 bits per heavy atom.